The lowest BCUT2D eigenvalue weighted by atomic mass is 10.2. The van der Waals surface area contributed by atoms with Gasteiger partial charge in [-0.25, -0.2) is 8.42 Å². The van der Waals surface area contributed by atoms with Crippen molar-refractivity contribution >= 4 is 27.5 Å². The van der Waals surface area contributed by atoms with Crippen molar-refractivity contribution in [3.05, 3.63) is 72.2 Å². The number of hydrogen-bond donors (Lipinski definition) is 1. The number of likely N-dealkylation sites (N-methyl/N-ethyl adjacent to an activating group) is 1. The van der Waals surface area contributed by atoms with Crippen LogP contribution in [0.1, 0.15) is 23.0 Å². The highest BCUT2D eigenvalue weighted by Crippen LogP contribution is 2.16. The lowest BCUT2D eigenvalue weighted by Crippen LogP contribution is -2.35. The average molecular weight is 427 g/mol. The Kier molecular flexibility index (Phi) is 6.38. The maximum atomic E-state index is 12.6. The van der Waals surface area contributed by atoms with Crippen LogP contribution in [-0.4, -0.2) is 52.8 Å². The maximum Gasteiger partial charge on any atom is 0.243 e. The molecule has 0 aliphatic rings. The number of carbonyl (C=O) groups is 2. The molecule has 0 saturated heterocycles. The van der Waals surface area contributed by atoms with E-state index in [2.05, 4.69) is 15.4 Å². The number of anilines is 1. The van der Waals surface area contributed by atoms with E-state index in [9.17, 15) is 18.0 Å². The number of sulfonamides is 1. The molecule has 0 unspecified atom stereocenters. The Balaban J connectivity index is 1.60. The van der Waals surface area contributed by atoms with E-state index in [0.29, 0.717) is 17.9 Å². The SMILES string of the molecule is CC(=O)c1ccc(S(=O)(=O)N(C)CC(=O)Nc2ccn(Cc3ccccn3)n2)cc1. The number of amides is 1. The van der Waals surface area contributed by atoms with Crippen molar-refractivity contribution in [3.8, 4) is 0 Å². The second-order valence-corrected chi connectivity index (χ2v) is 8.65. The summed E-state index contributed by atoms with van der Waals surface area (Å²) in [5.74, 6) is -0.369. The largest absolute Gasteiger partial charge is 0.308 e. The molecule has 0 aliphatic carbocycles. The Morgan fingerprint density at radius 3 is 2.47 bits per heavy atom. The zero-order chi connectivity index (χ0) is 21.7. The summed E-state index contributed by atoms with van der Waals surface area (Å²) in [7, 11) is -2.56. The molecule has 0 fully saturated rings. The van der Waals surface area contributed by atoms with Gasteiger partial charge in [0, 0.05) is 31.1 Å². The topological polar surface area (TPSA) is 114 Å². The predicted octanol–water partition coefficient (Wildman–Crippen LogP) is 1.79. The Morgan fingerprint density at radius 2 is 1.83 bits per heavy atom. The third-order valence-corrected chi connectivity index (χ3v) is 6.11. The number of nitrogens with zero attached hydrogens (tertiary/aromatic N) is 4. The molecule has 156 valence electrons. The molecule has 2 heterocycles. The fraction of sp³-hybridized carbons (Fsp3) is 0.200. The molecule has 0 radical (unpaired) electrons. The van der Waals surface area contributed by atoms with Crippen LogP contribution in [0.2, 0.25) is 0 Å². The molecule has 0 bridgehead atoms. The lowest BCUT2D eigenvalue weighted by Gasteiger charge is -2.16. The standard InChI is InChI=1S/C20H21N5O4S/c1-15(26)16-6-8-18(9-7-16)30(28,29)24(2)14-20(27)22-19-10-12-25(23-19)13-17-5-3-4-11-21-17/h3-12H,13-14H2,1-2H3,(H,22,23,27). The van der Waals surface area contributed by atoms with Crippen LogP contribution in [0.3, 0.4) is 0 Å². The number of rotatable bonds is 8. The van der Waals surface area contributed by atoms with Crippen LogP contribution >= 0.6 is 0 Å². The Bertz CT molecular complexity index is 1140. The summed E-state index contributed by atoms with van der Waals surface area (Å²) in [5.41, 5.74) is 1.23. The fourth-order valence-corrected chi connectivity index (χ4v) is 3.81. The number of Topliss-reactive ketones (excluding diaryl/α,β-unsaturated/α-hetero) is 1. The van der Waals surface area contributed by atoms with Gasteiger partial charge in [0.1, 0.15) is 0 Å². The van der Waals surface area contributed by atoms with Gasteiger partial charge in [-0.2, -0.15) is 9.40 Å². The van der Waals surface area contributed by atoms with E-state index in [1.54, 1.807) is 23.1 Å². The number of nitrogens with one attached hydrogen (secondary N) is 1. The summed E-state index contributed by atoms with van der Waals surface area (Å²) in [4.78, 5) is 27.8. The molecule has 0 aliphatic heterocycles. The van der Waals surface area contributed by atoms with Gasteiger partial charge in [0.15, 0.2) is 11.6 Å². The average Bonchev–Trinajstić information content (AvgIpc) is 3.15. The van der Waals surface area contributed by atoms with Gasteiger partial charge in [0.05, 0.1) is 23.7 Å². The molecule has 1 amide bonds. The maximum absolute atomic E-state index is 12.6. The lowest BCUT2D eigenvalue weighted by molar-refractivity contribution is -0.116. The normalized spacial score (nSPS) is 11.4. The number of benzene rings is 1. The molecule has 3 aromatic rings. The zero-order valence-corrected chi connectivity index (χ0v) is 17.3. The molecule has 2 aromatic heterocycles. The molecule has 9 nitrogen and oxygen atoms in total. The van der Waals surface area contributed by atoms with Gasteiger partial charge < -0.3 is 5.32 Å². The highest BCUT2D eigenvalue weighted by Gasteiger charge is 2.23. The first-order chi connectivity index (χ1) is 14.3. The van der Waals surface area contributed by atoms with Crippen molar-refractivity contribution < 1.29 is 18.0 Å². The first-order valence-electron chi connectivity index (χ1n) is 9.06. The number of ketones is 1. The van der Waals surface area contributed by atoms with E-state index in [0.717, 1.165) is 10.00 Å². The number of carbonyl (C=O) groups excluding carboxylic acids is 2. The molecule has 1 aromatic carbocycles. The van der Waals surface area contributed by atoms with Crippen molar-refractivity contribution in [1.82, 2.24) is 19.1 Å². The van der Waals surface area contributed by atoms with E-state index < -0.39 is 15.9 Å². The summed E-state index contributed by atoms with van der Waals surface area (Å²) in [6.07, 6.45) is 3.38. The van der Waals surface area contributed by atoms with Crippen LogP contribution in [-0.2, 0) is 21.4 Å². The second kappa shape index (κ2) is 8.97. The molecular formula is C20H21N5O4S. The van der Waals surface area contributed by atoms with E-state index in [-0.39, 0.29) is 17.2 Å². The highest BCUT2D eigenvalue weighted by atomic mass is 32.2. The molecule has 3 rings (SSSR count). The quantitative estimate of drug-likeness (QED) is 0.548. The minimum atomic E-state index is -3.88. The van der Waals surface area contributed by atoms with E-state index >= 15 is 0 Å². The van der Waals surface area contributed by atoms with E-state index in [1.165, 1.54) is 38.2 Å². The minimum absolute atomic E-state index is 0.00226. The number of hydrogen-bond acceptors (Lipinski definition) is 6. The zero-order valence-electron chi connectivity index (χ0n) is 16.5. The van der Waals surface area contributed by atoms with Gasteiger partial charge in [-0.3, -0.25) is 19.3 Å². The molecule has 1 N–H and O–H groups in total. The smallest absolute Gasteiger partial charge is 0.243 e. The van der Waals surface area contributed by atoms with Gasteiger partial charge in [-0.15, -0.1) is 0 Å². The van der Waals surface area contributed by atoms with Gasteiger partial charge in [-0.05, 0) is 31.2 Å². The van der Waals surface area contributed by atoms with Crippen molar-refractivity contribution in [1.29, 1.82) is 0 Å². The van der Waals surface area contributed by atoms with Crippen molar-refractivity contribution in [3.63, 3.8) is 0 Å². The Hall–Kier alpha value is -3.37. The predicted molar refractivity (Wildman–Crippen MR) is 110 cm³/mol. The summed E-state index contributed by atoms with van der Waals surface area (Å²) < 4.78 is 27.8. The van der Waals surface area contributed by atoms with Crippen molar-refractivity contribution in [2.24, 2.45) is 0 Å². The molecule has 0 saturated carbocycles. The fourth-order valence-electron chi connectivity index (χ4n) is 2.69. The van der Waals surface area contributed by atoms with Gasteiger partial charge in [0.25, 0.3) is 0 Å². The third kappa shape index (κ3) is 5.16. The van der Waals surface area contributed by atoms with Crippen LogP contribution < -0.4 is 5.32 Å². The first-order valence-corrected chi connectivity index (χ1v) is 10.5. The molecule has 0 spiro atoms. The second-order valence-electron chi connectivity index (χ2n) is 6.61. The van der Waals surface area contributed by atoms with E-state index in [4.69, 9.17) is 0 Å². The minimum Gasteiger partial charge on any atom is -0.308 e. The monoisotopic (exact) mass is 427 g/mol. The van der Waals surface area contributed by atoms with Crippen LogP contribution in [0.25, 0.3) is 0 Å². The Morgan fingerprint density at radius 1 is 1.10 bits per heavy atom. The third-order valence-electron chi connectivity index (χ3n) is 4.29. The van der Waals surface area contributed by atoms with Crippen molar-refractivity contribution in [2.75, 3.05) is 18.9 Å². The first kappa shape index (κ1) is 21.3. The van der Waals surface area contributed by atoms with Crippen LogP contribution in [0.5, 0.6) is 0 Å². The molecular weight excluding hydrogens is 406 g/mol. The van der Waals surface area contributed by atoms with Crippen LogP contribution in [0.15, 0.2) is 65.8 Å². The highest BCUT2D eigenvalue weighted by molar-refractivity contribution is 7.89. The van der Waals surface area contributed by atoms with Crippen LogP contribution in [0, 0.1) is 0 Å². The summed E-state index contributed by atoms with van der Waals surface area (Å²) >= 11 is 0. The number of aromatic nitrogens is 3. The van der Waals surface area contributed by atoms with Gasteiger partial charge in [0.2, 0.25) is 15.9 Å². The molecule has 10 heteroatoms. The molecule has 0 atom stereocenters. The van der Waals surface area contributed by atoms with E-state index in [1.807, 2.05) is 18.2 Å². The number of pyridine rings is 1. The van der Waals surface area contributed by atoms with Crippen molar-refractivity contribution in [2.45, 2.75) is 18.4 Å². The Labute approximate surface area is 174 Å². The summed E-state index contributed by atoms with van der Waals surface area (Å²) in [6.45, 7) is 1.46. The van der Waals surface area contributed by atoms with Crippen LogP contribution in [0.4, 0.5) is 5.82 Å². The molecule has 30 heavy (non-hydrogen) atoms. The summed E-state index contributed by atoms with van der Waals surface area (Å²) in [5, 5.41) is 6.83. The van der Waals surface area contributed by atoms with Gasteiger partial charge >= 0.3 is 0 Å². The van der Waals surface area contributed by atoms with Gasteiger partial charge in [-0.1, -0.05) is 18.2 Å². The summed E-state index contributed by atoms with van der Waals surface area (Å²) in [6, 6.07) is 12.8.